The summed E-state index contributed by atoms with van der Waals surface area (Å²) in [6.45, 7) is 6.54. The van der Waals surface area contributed by atoms with Gasteiger partial charge in [0.25, 0.3) is 0 Å². The Balaban J connectivity index is 1.39. The quantitative estimate of drug-likeness (QED) is 0.381. The average molecular weight is 697 g/mol. The molecule has 0 N–H and O–H groups in total. The SMILES string of the molecule is CC1(C)Oc2ccc(C#N)cc2C(N2CCCC2=O)C1OP(=O)([O-])P(=O)([O-])OC1C(N2CCCC2=O)c2cc(C#N)ccc2OC1(C)C. The van der Waals surface area contributed by atoms with Gasteiger partial charge in [0.1, 0.15) is 34.9 Å². The van der Waals surface area contributed by atoms with Crippen LogP contribution in [0, 0.1) is 22.7 Å². The van der Waals surface area contributed by atoms with Crippen molar-refractivity contribution in [3.63, 3.8) is 0 Å². The second-order valence-electron chi connectivity index (χ2n) is 13.4. The molecule has 2 saturated heterocycles. The lowest BCUT2D eigenvalue weighted by Crippen LogP contribution is -2.56. The summed E-state index contributed by atoms with van der Waals surface area (Å²) in [7, 11) is -12.1. The van der Waals surface area contributed by atoms with Gasteiger partial charge in [-0.05, 0) is 76.9 Å². The van der Waals surface area contributed by atoms with Gasteiger partial charge in [0.2, 0.25) is 26.4 Å². The molecule has 14 nitrogen and oxygen atoms in total. The van der Waals surface area contributed by atoms with Crippen LogP contribution in [0.4, 0.5) is 0 Å². The van der Waals surface area contributed by atoms with Gasteiger partial charge in [-0.3, -0.25) is 18.7 Å². The summed E-state index contributed by atoms with van der Waals surface area (Å²) >= 11 is 0. The number of rotatable bonds is 7. The molecule has 6 atom stereocenters. The van der Waals surface area contributed by atoms with Crippen LogP contribution in [0.2, 0.25) is 0 Å². The maximum absolute atomic E-state index is 13.9. The fraction of sp³-hybridized carbons (Fsp3) is 0.500. The number of nitrogens with zero attached hydrogens (tertiary/aromatic N) is 4. The lowest BCUT2D eigenvalue weighted by atomic mass is 9.85. The molecule has 2 aromatic carbocycles. The summed E-state index contributed by atoms with van der Waals surface area (Å²) in [6.07, 6.45) is -1.79. The average Bonchev–Trinajstić information content (AvgIpc) is 3.64. The summed E-state index contributed by atoms with van der Waals surface area (Å²) < 4.78 is 51.3. The molecular formula is C32H34N4O10P2-2. The van der Waals surface area contributed by atoms with E-state index in [1.165, 1.54) is 73.9 Å². The predicted molar refractivity (Wildman–Crippen MR) is 164 cm³/mol. The second kappa shape index (κ2) is 12.0. The molecule has 4 heterocycles. The number of carbonyl (C=O) groups excluding carboxylic acids is 2. The van der Waals surface area contributed by atoms with Crippen molar-refractivity contribution in [3.8, 4) is 23.6 Å². The van der Waals surface area contributed by atoms with E-state index < -0.39 is 50.1 Å². The Hall–Kier alpha value is -3.74. The van der Waals surface area contributed by atoms with E-state index in [-0.39, 0.29) is 48.9 Å². The zero-order valence-electron chi connectivity index (χ0n) is 26.8. The highest BCUT2D eigenvalue weighted by atomic mass is 32.1. The molecule has 0 spiro atoms. The summed E-state index contributed by atoms with van der Waals surface area (Å²) in [6, 6.07) is 10.8. The highest BCUT2D eigenvalue weighted by Gasteiger charge is 2.54. The second-order valence-corrected chi connectivity index (χ2v) is 18.6. The minimum Gasteiger partial charge on any atom is -0.772 e. The zero-order chi connectivity index (χ0) is 34.8. The molecule has 6 unspecified atom stereocenters. The van der Waals surface area contributed by atoms with Gasteiger partial charge < -0.3 is 38.1 Å². The van der Waals surface area contributed by atoms with Crippen molar-refractivity contribution < 1.29 is 47.0 Å². The first kappa shape index (κ1) is 34.1. The molecule has 4 aliphatic rings. The van der Waals surface area contributed by atoms with Gasteiger partial charge in [-0.15, -0.1) is 0 Å². The van der Waals surface area contributed by atoms with Crippen molar-refractivity contribution in [2.24, 2.45) is 0 Å². The largest absolute Gasteiger partial charge is 0.772 e. The third kappa shape index (κ3) is 5.81. The first-order valence-electron chi connectivity index (χ1n) is 15.5. The van der Waals surface area contributed by atoms with Gasteiger partial charge in [0, 0.05) is 37.1 Å². The number of benzene rings is 2. The van der Waals surface area contributed by atoms with Gasteiger partial charge >= 0.3 is 0 Å². The smallest absolute Gasteiger partial charge is 0.223 e. The number of amides is 2. The number of hydrogen-bond donors (Lipinski definition) is 0. The number of carbonyl (C=O) groups is 2. The van der Waals surface area contributed by atoms with Crippen LogP contribution < -0.4 is 19.3 Å². The molecule has 16 heteroatoms. The summed E-state index contributed by atoms with van der Waals surface area (Å²) in [5.74, 6) is -0.00556. The molecular weight excluding hydrogens is 662 g/mol. The molecule has 2 amide bonds. The predicted octanol–water partition coefficient (Wildman–Crippen LogP) is 3.59. The highest BCUT2D eigenvalue weighted by Crippen LogP contribution is 2.75. The number of likely N-dealkylation sites (tertiary alicyclic amines) is 2. The maximum Gasteiger partial charge on any atom is 0.223 e. The van der Waals surface area contributed by atoms with Crippen LogP contribution in [0.15, 0.2) is 36.4 Å². The minimum absolute atomic E-state index is 0.193. The van der Waals surface area contributed by atoms with Crippen molar-refractivity contribution in [1.82, 2.24) is 9.80 Å². The summed E-state index contributed by atoms with van der Waals surface area (Å²) in [5.41, 5.74) is -1.93. The molecule has 4 aliphatic heterocycles. The fourth-order valence-electron chi connectivity index (χ4n) is 7.01. The van der Waals surface area contributed by atoms with Crippen LogP contribution >= 0.6 is 14.6 Å². The molecule has 254 valence electrons. The molecule has 6 rings (SSSR count). The third-order valence-corrected chi connectivity index (χ3v) is 13.2. The van der Waals surface area contributed by atoms with Crippen LogP contribution in [0.3, 0.4) is 0 Å². The van der Waals surface area contributed by atoms with E-state index in [0.29, 0.717) is 35.5 Å². The van der Waals surface area contributed by atoms with E-state index in [1.807, 2.05) is 12.1 Å². The van der Waals surface area contributed by atoms with Crippen molar-refractivity contribution >= 4 is 26.4 Å². The number of fused-ring (bicyclic) bond motifs is 2. The molecule has 0 saturated carbocycles. The topological polar surface area (TPSA) is 205 Å². The molecule has 0 aromatic heterocycles. The molecule has 2 fully saturated rings. The van der Waals surface area contributed by atoms with Gasteiger partial charge in [-0.25, -0.2) is 0 Å². The molecule has 0 bridgehead atoms. The lowest BCUT2D eigenvalue weighted by Gasteiger charge is -2.52. The summed E-state index contributed by atoms with van der Waals surface area (Å²) in [5, 5.41) is 19.1. The van der Waals surface area contributed by atoms with Crippen molar-refractivity contribution in [1.29, 1.82) is 10.5 Å². The first-order chi connectivity index (χ1) is 22.5. The summed E-state index contributed by atoms with van der Waals surface area (Å²) in [4.78, 5) is 56.8. The van der Waals surface area contributed by atoms with Gasteiger partial charge in [-0.1, -0.05) is 0 Å². The minimum atomic E-state index is -6.03. The maximum atomic E-state index is 13.9. The van der Waals surface area contributed by atoms with Crippen molar-refractivity contribution in [3.05, 3.63) is 58.7 Å². The fourth-order valence-corrected chi connectivity index (χ4v) is 9.86. The zero-order valence-corrected chi connectivity index (χ0v) is 28.6. The lowest BCUT2D eigenvalue weighted by molar-refractivity contribution is -0.238. The standard InChI is InChI=1S/C32H36N4O10P2/c1-31(2)29(27(35-13-5-7-25(35)37)21-15-19(17-33)9-11-23(21)43-31)45-47(39,40)48(41,42)46-30-28(36-14-6-8-26(36)38)22-16-20(18-34)10-12-24(22)44-32(30,3)4/h9-12,15-16,27-30H,5-8,13-14H2,1-4H3,(H,39,40)(H,41,42)/p-2. The molecule has 0 radical (unpaired) electrons. The number of nitriles is 2. The van der Waals surface area contributed by atoms with Crippen LogP contribution in [0.5, 0.6) is 11.5 Å². The first-order valence-corrected chi connectivity index (χ1v) is 19.3. The molecule has 48 heavy (non-hydrogen) atoms. The monoisotopic (exact) mass is 696 g/mol. The number of hydrogen-bond acceptors (Lipinski definition) is 12. The van der Waals surface area contributed by atoms with Crippen LogP contribution in [-0.4, -0.2) is 58.1 Å². The van der Waals surface area contributed by atoms with E-state index in [9.17, 15) is 39.0 Å². The Morgan fingerprint density at radius 3 is 1.44 bits per heavy atom. The Labute approximate surface area is 277 Å². The van der Waals surface area contributed by atoms with Crippen LogP contribution in [0.25, 0.3) is 0 Å². The third-order valence-electron chi connectivity index (χ3n) is 9.29. The van der Waals surface area contributed by atoms with E-state index in [0.717, 1.165) is 0 Å². The number of ether oxygens (including phenoxy) is 2. The highest BCUT2D eigenvalue weighted by molar-refractivity contribution is 8.25. The van der Waals surface area contributed by atoms with Crippen molar-refractivity contribution in [2.45, 2.75) is 88.9 Å². The Kier molecular flexibility index (Phi) is 8.53. The van der Waals surface area contributed by atoms with Gasteiger partial charge in [-0.2, -0.15) is 10.5 Å². The Morgan fingerprint density at radius 1 is 0.750 bits per heavy atom. The Bertz CT molecular complexity index is 1730. The van der Waals surface area contributed by atoms with E-state index in [4.69, 9.17) is 18.5 Å². The van der Waals surface area contributed by atoms with E-state index in [1.54, 1.807) is 0 Å². The van der Waals surface area contributed by atoms with E-state index in [2.05, 4.69) is 0 Å². The van der Waals surface area contributed by atoms with Gasteiger partial charge in [0.05, 0.1) is 35.3 Å². The van der Waals surface area contributed by atoms with Crippen LogP contribution in [-0.2, 0) is 27.8 Å². The van der Waals surface area contributed by atoms with E-state index >= 15 is 0 Å². The van der Waals surface area contributed by atoms with Gasteiger partial charge in [0.15, 0.2) is 0 Å². The Morgan fingerprint density at radius 2 is 1.12 bits per heavy atom. The van der Waals surface area contributed by atoms with Crippen molar-refractivity contribution in [2.75, 3.05) is 13.1 Å². The normalized spacial score (nSPS) is 28.2. The van der Waals surface area contributed by atoms with Crippen LogP contribution in [0.1, 0.15) is 87.7 Å². The molecule has 0 aliphatic carbocycles. The molecule has 2 aromatic rings.